The van der Waals surface area contributed by atoms with Gasteiger partial charge >= 0.3 is 0 Å². The van der Waals surface area contributed by atoms with Crippen molar-refractivity contribution in [2.75, 3.05) is 33.8 Å². The Hall–Kier alpha value is -5.58. The fourth-order valence-corrected chi connectivity index (χ4v) is 4.96. The minimum atomic E-state index is -1.09. The van der Waals surface area contributed by atoms with Gasteiger partial charge in [0.25, 0.3) is 5.91 Å². The number of nitrogens with one attached hydrogen (secondary N) is 1. The fraction of sp³-hybridized carbons (Fsp3) is 0.212. The molecule has 0 bridgehead atoms. The largest absolute Gasteiger partial charge is 0.497 e. The number of amides is 2. The normalized spacial score (nSPS) is 11.5. The first kappa shape index (κ1) is 29.9. The molecule has 4 aromatic carbocycles. The van der Waals surface area contributed by atoms with Crippen LogP contribution in [0.25, 0.3) is 11.0 Å². The van der Waals surface area contributed by atoms with Crippen molar-refractivity contribution in [2.45, 2.75) is 19.1 Å². The van der Waals surface area contributed by atoms with Crippen molar-refractivity contribution in [3.05, 3.63) is 102 Å². The lowest BCUT2D eigenvalue weighted by Crippen LogP contribution is -2.42. The summed E-state index contributed by atoms with van der Waals surface area (Å²) < 4.78 is 23.4. The van der Waals surface area contributed by atoms with Crippen molar-refractivity contribution >= 4 is 28.5 Å². The zero-order valence-corrected chi connectivity index (χ0v) is 24.9. The third-order valence-electron chi connectivity index (χ3n) is 7.17. The summed E-state index contributed by atoms with van der Waals surface area (Å²) in [6.07, 6.45) is 0. The number of fused-ring (bicyclic) bond motifs is 1. The van der Waals surface area contributed by atoms with E-state index in [1.165, 1.54) is 30.9 Å². The summed E-state index contributed by atoms with van der Waals surface area (Å²) in [6, 6.07) is 26.0. The number of carbonyl (C=O) groups excluding carboxylic acids is 2. The smallest absolute Gasteiger partial charge is 0.251 e. The summed E-state index contributed by atoms with van der Waals surface area (Å²) in [5.74, 6) is 1.06. The van der Waals surface area contributed by atoms with Crippen molar-refractivity contribution < 1.29 is 28.5 Å². The standard InChI is InChI=1S/C33H33N5O6/c1-41-24-15-16-26(29(19-24)43-3)34-33(40)32(23-14-17-28(42-2)30(18-23)44-4)37(20-22-10-6-5-7-11-22)31(39)21-38-27-13-9-8-12-25(27)35-36-38/h5-19,32H,20-21H2,1-4H3,(H,34,40)/t32-/m1/s1. The number of hydrogen-bond donors (Lipinski definition) is 1. The SMILES string of the molecule is COc1ccc(NC(=O)[C@@H](c2ccc(OC)c(OC)c2)N(Cc2ccccc2)C(=O)Cn2nnc3ccccc32)c(OC)c1. The van der Waals surface area contributed by atoms with E-state index in [2.05, 4.69) is 15.6 Å². The predicted octanol–water partition coefficient (Wildman–Crippen LogP) is 4.87. The third-order valence-corrected chi connectivity index (χ3v) is 7.17. The van der Waals surface area contributed by atoms with Crippen LogP contribution in [0.4, 0.5) is 5.69 Å². The second-order valence-electron chi connectivity index (χ2n) is 9.82. The van der Waals surface area contributed by atoms with E-state index in [-0.39, 0.29) is 19.0 Å². The molecule has 2 amide bonds. The van der Waals surface area contributed by atoms with E-state index in [0.717, 1.165) is 5.56 Å². The average Bonchev–Trinajstić information content (AvgIpc) is 3.47. The molecule has 1 N–H and O–H groups in total. The van der Waals surface area contributed by atoms with Crippen LogP contribution in [0.2, 0.25) is 0 Å². The van der Waals surface area contributed by atoms with Gasteiger partial charge in [-0.1, -0.05) is 53.7 Å². The van der Waals surface area contributed by atoms with Gasteiger partial charge in [-0.25, -0.2) is 4.68 Å². The van der Waals surface area contributed by atoms with Crippen molar-refractivity contribution in [2.24, 2.45) is 0 Å². The van der Waals surface area contributed by atoms with E-state index < -0.39 is 11.9 Å². The molecule has 5 aromatic rings. The Morgan fingerprint density at radius 3 is 2.25 bits per heavy atom. The van der Waals surface area contributed by atoms with Gasteiger partial charge in [0.05, 0.1) is 39.6 Å². The molecule has 0 unspecified atom stereocenters. The number of hydrogen-bond acceptors (Lipinski definition) is 8. The first-order valence-electron chi connectivity index (χ1n) is 13.8. The Morgan fingerprint density at radius 1 is 0.795 bits per heavy atom. The molecule has 1 aromatic heterocycles. The molecule has 0 saturated carbocycles. The van der Waals surface area contributed by atoms with E-state index in [1.54, 1.807) is 43.5 Å². The summed E-state index contributed by atoms with van der Waals surface area (Å²) >= 11 is 0. The summed E-state index contributed by atoms with van der Waals surface area (Å²) in [5.41, 5.74) is 3.13. The van der Waals surface area contributed by atoms with Gasteiger partial charge in [-0.05, 0) is 47.5 Å². The molecule has 0 radical (unpaired) electrons. The molecule has 5 rings (SSSR count). The molecule has 0 aliphatic carbocycles. The van der Waals surface area contributed by atoms with Crippen LogP contribution in [-0.2, 0) is 22.7 Å². The molecular weight excluding hydrogens is 562 g/mol. The Kier molecular flexibility index (Phi) is 9.24. The van der Waals surface area contributed by atoms with Crippen LogP contribution in [0.15, 0.2) is 91.0 Å². The van der Waals surface area contributed by atoms with Crippen molar-refractivity contribution in [3.8, 4) is 23.0 Å². The minimum Gasteiger partial charge on any atom is -0.497 e. The van der Waals surface area contributed by atoms with Crippen LogP contribution in [-0.4, -0.2) is 60.1 Å². The summed E-state index contributed by atoms with van der Waals surface area (Å²) in [7, 11) is 6.10. The highest BCUT2D eigenvalue weighted by molar-refractivity contribution is 5.99. The van der Waals surface area contributed by atoms with E-state index >= 15 is 0 Å². The van der Waals surface area contributed by atoms with Gasteiger partial charge < -0.3 is 29.2 Å². The van der Waals surface area contributed by atoms with Gasteiger partial charge in [-0.3, -0.25) is 9.59 Å². The highest BCUT2D eigenvalue weighted by Gasteiger charge is 2.33. The Labute approximate surface area is 254 Å². The number of nitrogens with zero attached hydrogens (tertiary/aromatic N) is 4. The quantitative estimate of drug-likeness (QED) is 0.217. The maximum atomic E-state index is 14.3. The van der Waals surface area contributed by atoms with Crippen LogP contribution in [0.1, 0.15) is 17.2 Å². The Bertz CT molecular complexity index is 1760. The Morgan fingerprint density at radius 2 is 1.52 bits per heavy atom. The molecule has 11 heteroatoms. The first-order chi connectivity index (χ1) is 21.4. The van der Waals surface area contributed by atoms with Crippen molar-refractivity contribution in [1.29, 1.82) is 0 Å². The number of carbonyl (C=O) groups is 2. The average molecular weight is 596 g/mol. The van der Waals surface area contributed by atoms with Crippen LogP contribution < -0.4 is 24.3 Å². The number of benzene rings is 4. The van der Waals surface area contributed by atoms with Crippen LogP contribution in [0, 0.1) is 0 Å². The molecule has 226 valence electrons. The molecule has 44 heavy (non-hydrogen) atoms. The number of rotatable bonds is 12. The van der Waals surface area contributed by atoms with Gasteiger partial charge in [0.2, 0.25) is 5.91 Å². The maximum absolute atomic E-state index is 14.3. The van der Waals surface area contributed by atoms with Gasteiger partial charge in [0.1, 0.15) is 29.6 Å². The highest BCUT2D eigenvalue weighted by Crippen LogP contribution is 2.35. The van der Waals surface area contributed by atoms with Crippen LogP contribution in [0.5, 0.6) is 23.0 Å². The molecule has 0 aliphatic heterocycles. The topological polar surface area (TPSA) is 117 Å². The number of ether oxygens (including phenoxy) is 4. The van der Waals surface area contributed by atoms with Crippen LogP contribution >= 0.6 is 0 Å². The minimum absolute atomic E-state index is 0.137. The Balaban J connectivity index is 1.60. The molecule has 0 spiro atoms. The van der Waals surface area contributed by atoms with Gasteiger partial charge in [0.15, 0.2) is 11.5 Å². The van der Waals surface area contributed by atoms with E-state index in [1.807, 2.05) is 54.6 Å². The number of aromatic nitrogens is 3. The van der Waals surface area contributed by atoms with Gasteiger partial charge in [0, 0.05) is 12.6 Å². The molecule has 1 atom stereocenters. The first-order valence-corrected chi connectivity index (χ1v) is 13.8. The second kappa shape index (κ2) is 13.6. The molecular formula is C33H33N5O6. The van der Waals surface area contributed by atoms with Crippen LogP contribution in [0.3, 0.4) is 0 Å². The number of anilines is 1. The fourth-order valence-electron chi connectivity index (χ4n) is 4.96. The number of methoxy groups -OCH3 is 4. The van der Waals surface area contributed by atoms with E-state index in [4.69, 9.17) is 18.9 Å². The molecule has 11 nitrogen and oxygen atoms in total. The summed E-state index contributed by atoms with van der Waals surface area (Å²) in [6.45, 7) is -0.00520. The van der Waals surface area contributed by atoms with E-state index in [9.17, 15) is 9.59 Å². The van der Waals surface area contributed by atoms with E-state index in [0.29, 0.717) is 45.3 Å². The lowest BCUT2D eigenvalue weighted by Gasteiger charge is -2.32. The number of para-hydroxylation sites is 1. The molecule has 0 aliphatic rings. The molecule has 0 fully saturated rings. The predicted molar refractivity (Wildman–Crippen MR) is 165 cm³/mol. The summed E-state index contributed by atoms with van der Waals surface area (Å²) in [4.78, 5) is 30.1. The maximum Gasteiger partial charge on any atom is 0.251 e. The molecule has 1 heterocycles. The van der Waals surface area contributed by atoms with Gasteiger partial charge in [-0.15, -0.1) is 5.10 Å². The monoisotopic (exact) mass is 595 g/mol. The summed E-state index contributed by atoms with van der Waals surface area (Å²) in [5, 5.41) is 11.4. The zero-order valence-electron chi connectivity index (χ0n) is 24.9. The lowest BCUT2D eigenvalue weighted by molar-refractivity contribution is -0.140. The van der Waals surface area contributed by atoms with Crippen molar-refractivity contribution in [3.63, 3.8) is 0 Å². The highest BCUT2D eigenvalue weighted by atomic mass is 16.5. The zero-order chi connectivity index (χ0) is 31.1. The van der Waals surface area contributed by atoms with Gasteiger partial charge in [-0.2, -0.15) is 0 Å². The van der Waals surface area contributed by atoms with Crippen molar-refractivity contribution in [1.82, 2.24) is 19.9 Å². The second-order valence-corrected chi connectivity index (χ2v) is 9.82. The third kappa shape index (κ3) is 6.41. The molecule has 0 saturated heterocycles. The lowest BCUT2D eigenvalue weighted by atomic mass is 10.0.